The summed E-state index contributed by atoms with van der Waals surface area (Å²) in [6, 6.07) is 2.90. The predicted molar refractivity (Wildman–Crippen MR) is 77.1 cm³/mol. The van der Waals surface area contributed by atoms with E-state index in [4.69, 9.17) is 34.0 Å². The van der Waals surface area contributed by atoms with Crippen LogP contribution in [-0.2, 0) is 4.79 Å². The summed E-state index contributed by atoms with van der Waals surface area (Å²) in [5.41, 5.74) is 6.16. The Kier molecular flexibility index (Phi) is 4.11. The number of aliphatic carboxylic acids is 1. The molecule has 1 fully saturated rings. The van der Waals surface area contributed by atoms with Gasteiger partial charge >= 0.3 is 5.97 Å². The summed E-state index contributed by atoms with van der Waals surface area (Å²) in [4.78, 5) is 24.9. The summed E-state index contributed by atoms with van der Waals surface area (Å²) in [5.74, 6) is -1.81. The first-order chi connectivity index (χ1) is 9.31. The Morgan fingerprint density at radius 2 is 1.85 bits per heavy atom. The first kappa shape index (κ1) is 14.9. The molecule has 0 spiro atoms. The van der Waals surface area contributed by atoms with E-state index in [0.717, 1.165) is 0 Å². The summed E-state index contributed by atoms with van der Waals surface area (Å²) in [7, 11) is 0. The van der Waals surface area contributed by atoms with Crippen LogP contribution in [0.4, 0.5) is 5.69 Å². The van der Waals surface area contributed by atoms with E-state index < -0.39 is 11.9 Å². The summed E-state index contributed by atoms with van der Waals surface area (Å²) >= 11 is 11.8. The van der Waals surface area contributed by atoms with Crippen molar-refractivity contribution in [2.75, 3.05) is 18.8 Å². The van der Waals surface area contributed by atoms with Crippen LogP contribution in [0.5, 0.6) is 0 Å². The fraction of sp³-hybridized carbons (Fsp3) is 0.385. The van der Waals surface area contributed by atoms with Gasteiger partial charge in [-0.05, 0) is 18.1 Å². The number of nitrogens with two attached hydrogens (primary N) is 1. The van der Waals surface area contributed by atoms with Crippen molar-refractivity contribution in [3.8, 4) is 0 Å². The molecule has 2 rings (SSSR count). The average Bonchev–Trinajstić information content (AvgIpc) is 2.76. The van der Waals surface area contributed by atoms with Crippen LogP contribution in [0.2, 0.25) is 10.0 Å². The van der Waals surface area contributed by atoms with E-state index in [1.54, 1.807) is 0 Å². The fourth-order valence-electron chi connectivity index (χ4n) is 2.34. The van der Waals surface area contributed by atoms with Crippen LogP contribution in [-0.4, -0.2) is 35.0 Å². The second-order valence-electron chi connectivity index (χ2n) is 4.99. The van der Waals surface area contributed by atoms with Gasteiger partial charge in [0.15, 0.2) is 0 Å². The van der Waals surface area contributed by atoms with Gasteiger partial charge in [0.2, 0.25) is 0 Å². The smallest absolute Gasteiger partial charge is 0.308 e. The highest BCUT2D eigenvalue weighted by molar-refractivity contribution is 6.39. The molecule has 5 nitrogen and oxygen atoms in total. The molecular formula is C13H14Cl2N2O3. The number of hydrogen-bond donors (Lipinski definition) is 2. The Bertz CT molecular complexity index is 554. The lowest BCUT2D eigenvalue weighted by atomic mass is 9.99. The maximum absolute atomic E-state index is 12.4. The van der Waals surface area contributed by atoms with Gasteiger partial charge in [0, 0.05) is 18.7 Å². The molecule has 0 bridgehead atoms. The third-order valence-electron chi connectivity index (χ3n) is 3.54. The van der Waals surface area contributed by atoms with Gasteiger partial charge in [0.25, 0.3) is 5.91 Å². The maximum atomic E-state index is 12.4. The van der Waals surface area contributed by atoms with Crippen molar-refractivity contribution in [1.29, 1.82) is 0 Å². The molecule has 0 radical (unpaired) electrons. The highest BCUT2D eigenvalue weighted by Crippen LogP contribution is 2.31. The molecule has 1 aliphatic heterocycles. The SMILES string of the molecule is C[C@@H]1CN(C(=O)c2cc(Cl)c(N)c(Cl)c2)C[C@H]1C(=O)O. The van der Waals surface area contributed by atoms with Crippen molar-refractivity contribution >= 4 is 40.8 Å². The lowest BCUT2D eigenvalue weighted by Crippen LogP contribution is -2.30. The molecule has 1 aromatic rings. The Morgan fingerprint density at radius 1 is 1.30 bits per heavy atom. The third kappa shape index (κ3) is 2.69. The molecule has 108 valence electrons. The molecule has 7 heteroatoms. The van der Waals surface area contributed by atoms with Crippen molar-refractivity contribution in [2.45, 2.75) is 6.92 Å². The minimum absolute atomic E-state index is 0.0869. The first-order valence-electron chi connectivity index (χ1n) is 6.08. The van der Waals surface area contributed by atoms with Crippen molar-refractivity contribution < 1.29 is 14.7 Å². The standard InChI is InChI=1S/C13H14Cl2N2O3/c1-6-4-17(5-8(6)13(19)20)12(18)7-2-9(14)11(16)10(15)3-7/h2-3,6,8H,4-5,16H2,1H3,(H,19,20)/t6-,8-/m1/s1. The molecule has 0 saturated carbocycles. The second-order valence-corrected chi connectivity index (χ2v) is 5.80. The number of anilines is 1. The van der Waals surface area contributed by atoms with Crippen LogP contribution < -0.4 is 5.73 Å². The second kappa shape index (κ2) is 5.50. The van der Waals surface area contributed by atoms with Crippen LogP contribution >= 0.6 is 23.2 Å². The highest BCUT2D eigenvalue weighted by Gasteiger charge is 2.37. The molecule has 1 saturated heterocycles. The van der Waals surface area contributed by atoms with Crippen molar-refractivity contribution in [2.24, 2.45) is 11.8 Å². The summed E-state index contributed by atoms with van der Waals surface area (Å²) < 4.78 is 0. The van der Waals surface area contributed by atoms with E-state index in [1.165, 1.54) is 17.0 Å². The number of nitrogens with zero attached hydrogens (tertiary/aromatic N) is 1. The van der Waals surface area contributed by atoms with Gasteiger partial charge in [0.1, 0.15) is 0 Å². The molecule has 1 heterocycles. The van der Waals surface area contributed by atoms with E-state index in [2.05, 4.69) is 0 Å². The molecule has 0 unspecified atom stereocenters. The zero-order valence-corrected chi connectivity index (χ0v) is 12.3. The number of likely N-dealkylation sites (tertiary alicyclic amines) is 1. The number of hydrogen-bond acceptors (Lipinski definition) is 3. The van der Waals surface area contributed by atoms with Crippen molar-refractivity contribution in [3.63, 3.8) is 0 Å². The molecule has 1 aromatic carbocycles. The zero-order chi connectivity index (χ0) is 15.0. The largest absolute Gasteiger partial charge is 0.481 e. The highest BCUT2D eigenvalue weighted by atomic mass is 35.5. The van der Waals surface area contributed by atoms with Crippen LogP contribution in [0, 0.1) is 11.8 Å². The van der Waals surface area contributed by atoms with Gasteiger partial charge in [-0.25, -0.2) is 0 Å². The summed E-state index contributed by atoms with van der Waals surface area (Å²) in [5, 5.41) is 9.50. The van der Waals surface area contributed by atoms with Crippen molar-refractivity contribution in [3.05, 3.63) is 27.7 Å². The van der Waals surface area contributed by atoms with E-state index >= 15 is 0 Å². The molecular weight excluding hydrogens is 303 g/mol. The van der Waals surface area contributed by atoms with Gasteiger partial charge in [0.05, 0.1) is 21.7 Å². The fourth-order valence-corrected chi connectivity index (χ4v) is 2.83. The molecule has 3 N–H and O–H groups in total. The number of carboxylic acid groups (broad SMARTS) is 1. The average molecular weight is 317 g/mol. The van der Waals surface area contributed by atoms with Gasteiger partial charge < -0.3 is 15.7 Å². The quantitative estimate of drug-likeness (QED) is 0.820. The molecule has 0 aromatic heterocycles. The van der Waals surface area contributed by atoms with Crippen molar-refractivity contribution in [1.82, 2.24) is 4.90 Å². The van der Waals surface area contributed by atoms with Gasteiger partial charge in [-0.15, -0.1) is 0 Å². The number of carbonyl (C=O) groups excluding carboxylic acids is 1. The minimum atomic E-state index is -0.888. The van der Waals surface area contributed by atoms with E-state index in [0.29, 0.717) is 12.1 Å². The Labute approximate surface area is 126 Å². The number of amides is 1. The number of halogens is 2. The Hall–Kier alpha value is -1.46. The maximum Gasteiger partial charge on any atom is 0.308 e. The zero-order valence-electron chi connectivity index (χ0n) is 10.8. The van der Waals surface area contributed by atoms with Crippen LogP contribution in [0.3, 0.4) is 0 Å². The monoisotopic (exact) mass is 316 g/mol. The molecule has 2 atom stereocenters. The third-order valence-corrected chi connectivity index (χ3v) is 4.17. The molecule has 1 aliphatic rings. The Morgan fingerprint density at radius 3 is 2.30 bits per heavy atom. The topological polar surface area (TPSA) is 83.6 Å². The van der Waals surface area contributed by atoms with Gasteiger partial charge in [-0.3, -0.25) is 9.59 Å². The van der Waals surface area contributed by atoms with E-state index in [1.807, 2.05) is 6.92 Å². The summed E-state index contributed by atoms with van der Waals surface area (Å²) in [6.07, 6.45) is 0. The number of carbonyl (C=O) groups is 2. The Balaban J connectivity index is 2.23. The minimum Gasteiger partial charge on any atom is -0.481 e. The van der Waals surface area contributed by atoms with Gasteiger partial charge in [-0.2, -0.15) is 0 Å². The lowest BCUT2D eigenvalue weighted by Gasteiger charge is -2.16. The van der Waals surface area contributed by atoms with Crippen LogP contribution in [0.15, 0.2) is 12.1 Å². The predicted octanol–water partition coefficient (Wildman–Crippen LogP) is 2.37. The van der Waals surface area contributed by atoms with Crippen LogP contribution in [0.1, 0.15) is 17.3 Å². The van der Waals surface area contributed by atoms with Gasteiger partial charge in [-0.1, -0.05) is 30.1 Å². The number of carboxylic acids is 1. The number of benzene rings is 1. The van der Waals surface area contributed by atoms with Crippen LogP contribution in [0.25, 0.3) is 0 Å². The lowest BCUT2D eigenvalue weighted by molar-refractivity contribution is -0.142. The molecule has 20 heavy (non-hydrogen) atoms. The molecule has 1 amide bonds. The first-order valence-corrected chi connectivity index (χ1v) is 6.83. The normalized spacial score (nSPS) is 22.1. The van der Waals surface area contributed by atoms with E-state index in [-0.39, 0.29) is 34.1 Å². The number of nitrogen functional groups attached to an aromatic ring is 1. The molecule has 0 aliphatic carbocycles. The number of rotatable bonds is 2. The van der Waals surface area contributed by atoms with E-state index in [9.17, 15) is 9.59 Å². The summed E-state index contributed by atoms with van der Waals surface area (Å²) in [6.45, 7) is 2.40.